The molecule has 1 aliphatic heterocycles. The van der Waals surface area contributed by atoms with Crippen molar-refractivity contribution in [2.75, 3.05) is 25.1 Å². The summed E-state index contributed by atoms with van der Waals surface area (Å²) in [6.45, 7) is 0.974. The molecule has 1 unspecified atom stereocenters. The minimum absolute atomic E-state index is 0.144. The van der Waals surface area contributed by atoms with Crippen molar-refractivity contribution in [1.82, 2.24) is 4.90 Å². The van der Waals surface area contributed by atoms with Crippen molar-refractivity contribution in [2.45, 2.75) is 12.5 Å². The van der Waals surface area contributed by atoms with Crippen LogP contribution in [0.2, 0.25) is 5.02 Å². The van der Waals surface area contributed by atoms with Gasteiger partial charge in [-0.15, -0.1) is 0 Å². The lowest BCUT2D eigenvalue weighted by Crippen LogP contribution is -2.51. The van der Waals surface area contributed by atoms with Gasteiger partial charge in [0, 0.05) is 16.0 Å². The highest BCUT2D eigenvalue weighted by molar-refractivity contribution is 9.10. The lowest BCUT2D eigenvalue weighted by Gasteiger charge is -2.34. The van der Waals surface area contributed by atoms with Crippen LogP contribution < -0.4 is 5.32 Å². The molecule has 1 saturated heterocycles. The summed E-state index contributed by atoms with van der Waals surface area (Å²) in [5, 5.41) is 12.2. The molecule has 1 fully saturated rings. The van der Waals surface area contributed by atoms with Gasteiger partial charge in [0.25, 0.3) is 0 Å². The second-order valence-electron chi connectivity index (χ2n) is 4.57. The minimum Gasteiger partial charge on any atom is -0.481 e. The average Bonchev–Trinajstić information content (AvgIpc) is 2.42. The van der Waals surface area contributed by atoms with Crippen LogP contribution in [0.1, 0.15) is 6.42 Å². The summed E-state index contributed by atoms with van der Waals surface area (Å²) < 4.78 is 5.90. The number of hydrogen-bond donors (Lipinski definition) is 2. The highest BCUT2D eigenvalue weighted by Gasteiger charge is 2.29. The minimum atomic E-state index is -0.962. The fourth-order valence-electron chi connectivity index (χ4n) is 2.07. The third-order valence-electron chi connectivity index (χ3n) is 3.07. The third-order valence-corrected chi connectivity index (χ3v) is 3.96. The predicted octanol–water partition coefficient (Wildman–Crippen LogP) is 2.81. The van der Waals surface area contributed by atoms with Gasteiger partial charge < -0.3 is 20.1 Å². The number of morpholine rings is 1. The fourth-order valence-corrected chi connectivity index (χ4v) is 2.85. The first-order valence-electron chi connectivity index (χ1n) is 6.29. The number of carbonyl (C=O) groups is 2. The molecule has 2 N–H and O–H groups in total. The Hall–Kier alpha value is -1.31. The van der Waals surface area contributed by atoms with Gasteiger partial charge in [-0.1, -0.05) is 11.6 Å². The zero-order chi connectivity index (χ0) is 15.4. The van der Waals surface area contributed by atoms with Crippen LogP contribution in [0.25, 0.3) is 0 Å². The van der Waals surface area contributed by atoms with E-state index in [1.807, 2.05) is 0 Å². The first kappa shape index (κ1) is 16.1. The fraction of sp³-hybridized carbons (Fsp3) is 0.385. The van der Waals surface area contributed by atoms with Gasteiger partial charge in [0.1, 0.15) is 0 Å². The summed E-state index contributed by atoms with van der Waals surface area (Å²) in [6.07, 6.45) is -0.144. The Morgan fingerprint density at radius 3 is 2.95 bits per heavy atom. The molecule has 2 amide bonds. The number of halogens is 2. The Kier molecular flexibility index (Phi) is 5.44. The lowest BCUT2D eigenvalue weighted by atomic mass is 10.1. The molecule has 1 aromatic carbocycles. The van der Waals surface area contributed by atoms with Crippen LogP contribution in [0.15, 0.2) is 22.7 Å². The van der Waals surface area contributed by atoms with Gasteiger partial charge in [0.15, 0.2) is 0 Å². The topological polar surface area (TPSA) is 78.9 Å². The summed E-state index contributed by atoms with van der Waals surface area (Å²) >= 11 is 9.17. The zero-order valence-corrected chi connectivity index (χ0v) is 13.4. The van der Waals surface area contributed by atoms with E-state index in [1.54, 1.807) is 18.2 Å². The summed E-state index contributed by atoms with van der Waals surface area (Å²) in [6, 6.07) is 4.19. The van der Waals surface area contributed by atoms with Gasteiger partial charge in [-0.3, -0.25) is 4.79 Å². The number of nitrogens with zero attached hydrogens (tertiary/aromatic N) is 1. The van der Waals surface area contributed by atoms with Crippen LogP contribution >= 0.6 is 27.5 Å². The highest BCUT2D eigenvalue weighted by Crippen LogP contribution is 2.26. The number of rotatable bonds is 3. The number of anilines is 1. The van der Waals surface area contributed by atoms with E-state index < -0.39 is 12.0 Å². The Balaban J connectivity index is 2.08. The maximum Gasteiger partial charge on any atom is 0.322 e. The molecular weight excluding hydrogens is 364 g/mol. The van der Waals surface area contributed by atoms with Crippen molar-refractivity contribution < 1.29 is 19.4 Å². The van der Waals surface area contributed by atoms with Gasteiger partial charge in [-0.2, -0.15) is 0 Å². The third kappa shape index (κ3) is 4.33. The summed E-state index contributed by atoms with van der Waals surface area (Å²) in [5.74, 6) is -0.962. The Bertz CT molecular complexity index is 555. The number of hydrogen-bond acceptors (Lipinski definition) is 3. The number of carboxylic acids is 1. The van der Waals surface area contributed by atoms with Crippen LogP contribution in [0.4, 0.5) is 10.5 Å². The van der Waals surface area contributed by atoms with Crippen molar-refractivity contribution in [3.8, 4) is 0 Å². The molecule has 0 spiro atoms. The molecule has 8 heteroatoms. The number of ether oxygens (including phenoxy) is 1. The van der Waals surface area contributed by atoms with Crippen molar-refractivity contribution in [3.05, 3.63) is 27.7 Å². The molecule has 114 valence electrons. The van der Waals surface area contributed by atoms with Crippen LogP contribution in [0, 0.1) is 0 Å². The quantitative estimate of drug-likeness (QED) is 0.849. The van der Waals surface area contributed by atoms with E-state index in [0.29, 0.717) is 28.3 Å². The predicted molar refractivity (Wildman–Crippen MR) is 81.7 cm³/mol. The van der Waals surface area contributed by atoms with E-state index in [0.717, 1.165) is 0 Å². The number of carbonyl (C=O) groups excluding carboxylic acids is 1. The zero-order valence-electron chi connectivity index (χ0n) is 11.0. The number of nitrogens with one attached hydrogen (secondary N) is 1. The molecule has 0 saturated carbocycles. The molecule has 0 bridgehead atoms. The number of amides is 2. The van der Waals surface area contributed by atoms with Gasteiger partial charge >= 0.3 is 12.0 Å². The summed E-state index contributed by atoms with van der Waals surface area (Å²) in [5.41, 5.74) is 0.574. The Morgan fingerprint density at radius 2 is 2.29 bits per heavy atom. The average molecular weight is 378 g/mol. The van der Waals surface area contributed by atoms with E-state index in [4.69, 9.17) is 21.4 Å². The van der Waals surface area contributed by atoms with Gasteiger partial charge in [-0.25, -0.2) is 4.79 Å². The summed E-state index contributed by atoms with van der Waals surface area (Å²) in [4.78, 5) is 24.6. The number of aliphatic carboxylic acids is 1. The molecule has 2 rings (SSSR count). The number of benzene rings is 1. The molecule has 1 atom stereocenters. The molecule has 1 aliphatic rings. The number of urea groups is 1. The monoisotopic (exact) mass is 376 g/mol. The second kappa shape index (κ2) is 7.11. The molecule has 1 heterocycles. The maximum atomic E-state index is 12.3. The molecule has 0 radical (unpaired) electrons. The molecule has 6 nitrogen and oxygen atoms in total. The van der Waals surface area contributed by atoms with E-state index >= 15 is 0 Å². The molecular formula is C13H14BrClN2O4. The van der Waals surface area contributed by atoms with Gasteiger partial charge in [0.2, 0.25) is 0 Å². The van der Waals surface area contributed by atoms with E-state index in [-0.39, 0.29) is 19.1 Å². The van der Waals surface area contributed by atoms with Crippen LogP contribution in [-0.2, 0) is 9.53 Å². The van der Waals surface area contributed by atoms with Crippen LogP contribution in [0.5, 0.6) is 0 Å². The number of carboxylic acid groups (broad SMARTS) is 1. The normalized spacial score (nSPS) is 18.4. The van der Waals surface area contributed by atoms with E-state index in [1.165, 1.54) is 4.90 Å². The molecule has 21 heavy (non-hydrogen) atoms. The molecule has 0 aromatic heterocycles. The standard InChI is InChI=1S/C13H14BrClN2O4/c14-10-5-8(15)1-2-11(10)16-13(20)17-3-4-21-7-9(17)6-12(18)19/h1-2,5,9H,3-4,6-7H2,(H,16,20)(H,18,19). The van der Waals surface area contributed by atoms with Crippen LogP contribution in [0.3, 0.4) is 0 Å². The lowest BCUT2D eigenvalue weighted by molar-refractivity contribution is -0.139. The van der Waals surface area contributed by atoms with Gasteiger partial charge in [-0.05, 0) is 34.1 Å². The second-order valence-corrected chi connectivity index (χ2v) is 5.87. The smallest absolute Gasteiger partial charge is 0.322 e. The maximum absolute atomic E-state index is 12.3. The summed E-state index contributed by atoms with van der Waals surface area (Å²) in [7, 11) is 0. The molecule has 0 aliphatic carbocycles. The van der Waals surface area contributed by atoms with Crippen molar-refractivity contribution in [1.29, 1.82) is 0 Å². The largest absolute Gasteiger partial charge is 0.481 e. The van der Waals surface area contributed by atoms with E-state index in [2.05, 4.69) is 21.2 Å². The van der Waals surface area contributed by atoms with Gasteiger partial charge in [0.05, 0.1) is 31.4 Å². The van der Waals surface area contributed by atoms with Crippen LogP contribution in [-0.4, -0.2) is 47.8 Å². The highest BCUT2D eigenvalue weighted by atomic mass is 79.9. The van der Waals surface area contributed by atoms with Crippen molar-refractivity contribution in [2.24, 2.45) is 0 Å². The van der Waals surface area contributed by atoms with Crippen molar-refractivity contribution >= 4 is 45.2 Å². The Labute approximate surface area is 135 Å². The van der Waals surface area contributed by atoms with Crippen molar-refractivity contribution in [3.63, 3.8) is 0 Å². The molecule has 1 aromatic rings. The first-order chi connectivity index (χ1) is 9.97. The SMILES string of the molecule is O=C(O)CC1COCCN1C(=O)Nc1ccc(Cl)cc1Br. The Morgan fingerprint density at radius 1 is 1.52 bits per heavy atom. The first-order valence-corrected chi connectivity index (χ1v) is 7.46. The van der Waals surface area contributed by atoms with E-state index in [9.17, 15) is 9.59 Å².